The third kappa shape index (κ3) is 0.778. The van der Waals surface area contributed by atoms with Crippen molar-refractivity contribution in [1.82, 2.24) is 4.90 Å². The van der Waals surface area contributed by atoms with Crippen molar-refractivity contribution in [2.75, 3.05) is 13.2 Å². The van der Waals surface area contributed by atoms with Gasteiger partial charge in [0.15, 0.2) is 11.3 Å². The fourth-order valence-electron chi connectivity index (χ4n) is 2.10. The van der Waals surface area contributed by atoms with Crippen molar-refractivity contribution in [3.63, 3.8) is 0 Å². The van der Waals surface area contributed by atoms with Crippen LogP contribution in [-0.2, 0) is 9.59 Å². The molecule has 0 aromatic heterocycles. The van der Waals surface area contributed by atoms with Crippen LogP contribution in [0.1, 0.15) is 13.3 Å². The average molecular weight is 197 g/mol. The predicted octanol–water partition coefficient (Wildman–Crippen LogP) is -0.635. The highest BCUT2D eigenvalue weighted by molar-refractivity contribution is 6.08. The Morgan fingerprint density at radius 1 is 1.50 bits per heavy atom. The van der Waals surface area contributed by atoms with Crippen LogP contribution in [0.3, 0.4) is 0 Å². The first-order valence-electron chi connectivity index (χ1n) is 4.42. The summed E-state index contributed by atoms with van der Waals surface area (Å²) in [5, 5.41) is 18.6. The highest BCUT2D eigenvalue weighted by Crippen LogP contribution is 2.39. The molecule has 14 heavy (non-hydrogen) atoms. The molecule has 2 aliphatic heterocycles. The van der Waals surface area contributed by atoms with Crippen LogP contribution >= 0.6 is 0 Å². The van der Waals surface area contributed by atoms with E-state index in [4.69, 9.17) is 5.11 Å². The zero-order valence-electron chi connectivity index (χ0n) is 7.78. The van der Waals surface area contributed by atoms with Gasteiger partial charge in [-0.2, -0.15) is 0 Å². The van der Waals surface area contributed by atoms with E-state index in [1.165, 1.54) is 11.8 Å². The highest BCUT2D eigenvalue weighted by atomic mass is 16.3. The van der Waals surface area contributed by atoms with Gasteiger partial charge in [-0.15, -0.1) is 0 Å². The van der Waals surface area contributed by atoms with Crippen molar-refractivity contribution < 1.29 is 19.8 Å². The molecule has 1 amide bonds. The molecule has 5 nitrogen and oxygen atoms in total. The summed E-state index contributed by atoms with van der Waals surface area (Å²) >= 11 is 0. The molecule has 0 aliphatic carbocycles. The van der Waals surface area contributed by atoms with Gasteiger partial charge in [0.1, 0.15) is 5.76 Å². The molecule has 2 heterocycles. The zero-order valence-corrected chi connectivity index (χ0v) is 7.78. The maximum atomic E-state index is 11.6. The number of rotatable bonds is 1. The van der Waals surface area contributed by atoms with Crippen molar-refractivity contribution in [2.24, 2.45) is 0 Å². The normalized spacial score (nSPS) is 31.7. The van der Waals surface area contributed by atoms with Gasteiger partial charge in [0.05, 0.1) is 12.2 Å². The lowest BCUT2D eigenvalue weighted by atomic mass is 9.96. The summed E-state index contributed by atoms with van der Waals surface area (Å²) in [7, 11) is 0. The van der Waals surface area contributed by atoms with E-state index in [0.29, 0.717) is 6.54 Å². The van der Waals surface area contributed by atoms with Gasteiger partial charge in [-0.3, -0.25) is 9.59 Å². The van der Waals surface area contributed by atoms with E-state index < -0.39 is 18.1 Å². The van der Waals surface area contributed by atoms with E-state index >= 15 is 0 Å². The number of hydrogen-bond donors (Lipinski definition) is 2. The number of ketones is 1. The summed E-state index contributed by atoms with van der Waals surface area (Å²) in [5.41, 5.74) is -1.27. The van der Waals surface area contributed by atoms with Crippen LogP contribution in [0.2, 0.25) is 0 Å². The van der Waals surface area contributed by atoms with Crippen LogP contribution in [0, 0.1) is 0 Å². The third-order valence-corrected chi connectivity index (χ3v) is 3.05. The Balaban J connectivity index is 2.55. The van der Waals surface area contributed by atoms with Gasteiger partial charge in [0, 0.05) is 13.0 Å². The minimum Gasteiger partial charge on any atom is -0.509 e. The number of hydrogen-bond acceptors (Lipinski definition) is 4. The first-order valence-corrected chi connectivity index (χ1v) is 4.42. The number of aliphatic hydroxyl groups excluding tert-OH is 2. The molecule has 0 spiro atoms. The topological polar surface area (TPSA) is 77.8 Å². The lowest BCUT2D eigenvalue weighted by Gasteiger charge is -2.25. The number of aliphatic hydroxyl groups is 2. The fourth-order valence-corrected chi connectivity index (χ4v) is 2.10. The van der Waals surface area contributed by atoms with Crippen LogP contribution < -0.4 is 0 Å². The summed E-state index contributed by atoms with van der Waals surface area (Å²) in [6.45, 7) is 1.31. The molecule has 5 heteroatoms. The van der Waals surface area contributed by atoms with Crippen molar-refractivity contribution in [3.8, 4) is 0 Å². The number of Topliss-reactive ketones (excluding diaryl/α,β-unsaturated/α-hetero) is 1. The molecular formula is C9H11NO4. The van der Waals surface area contributed by atoms with E-state index in [0.717, 1.165) is 0 Å². The van der Waals surface area contributed by atoms with Gasteiger partial charge in [-0.1, -0.05) is 0 Å². The molecule has 0 aromatic carbocycles. The van der Waals surface area contributed by atoms with Gasteiger partial charge in [0.2, 0.25) is 0 Å². The second kappa shape index (κ2) is 2.57. The minimum absolute atomic E-state index is 0.0550. The first-order chi connectivity index (χ1) is 6.53. The molecule has 1 fully saturated rings. The van der Waals surface area contributed by atoms with E-state index in [1.54, 1.807) is 0 Å². The van der Waals surface area contributed by atoms with Crippen molar-refractivity contribution in [1.29, 1.82) is 0 Å². The predicted molar refractivity (Wildman–Crippen MR) is 46.5 cm³/mol. The number of carbonyl (C=O) groups excluding carboxylic acids is 2. The van der Waals surface area contributed by atoms with Crippen LogP contribution in [0.15, 0.2) is 11.3 Å². The van der Waals surface area contributed by atoms with Crippen LogP contribution in [0.4, 0.5) is 0 Å². The van der Waals surface area contributed by atoms with Gasteiger partial charge >= 0.3 is 0 Å². The summed E-state index contributed by atoms with van der Waals surface area (Å²) in [5.74, 6) is -0.891. The Hall–Kier alpha value is -1.36. The molecule has 0 radical (unpaired) electrons. The third-order valence-electron chi connectivity index (χ3n) is 3.05. The average Bonchev–Trinajstić information content (AvgIpc) is 2.53. The van der Waals surface area contributed by atoms with E-state index in [-0.39, 0.29) is 23.5 Å². The quantitative estimate of drug-likeness (QED) is 0.586. The van der Waals surface area contributed by atoms with Crippen LogP contribution in [0.25, 0.3) is 0 Å². The van der Waals surface area contributed by atoms with E-state index in [1.807, 2.05) is 0 Å². The number of fused-ring (bicyclic) bond motifs is 1. The Bertz CT molecular complexity index is 360. The SMILES string of the molecule is C[C@@]12C(=O)CCN1C(=O)C(CO)=C2O. The molecule has 0 saturated carbocycles. The molecular weight excluding hydrogens is 186 g/mol. The summed E-state index contributed by atoms with van der Waals surface area (Å²) in [6, 6.07) is 0. The zero-order chi connectivity index (χ0) is 10.5. The maximum Gasteiger partial charge on any atom is 0.256 e. The van der Waals surface area contributed by atoms with Crippen molar-refractivity contribution in [2.45, 2.75) is 18.9 Å². The van der Waals surface area contributed by atoms with Gasteiger partial charge in [-0.05, 0) is 6.92 Å². The summed E-state index contributed by atoms with van der Waals surface area (Å²) in [4.78, 5) is 24.4. The van der Waals surface area contributed by atoms with Crippen molar-refractivity contribution in [3.05, 3.63) is 11.3 Å². The van der Waals surface area contributed by atoms with Gasteiger partial charge in [-0.25, -0.2) is 0 Å². The molecule has 0 aromatic rings. The second-order valence-corrected chi connectivity index (χ2v) is 3.69. The number of amides is 1. The molecule has 2 N–H and O–H groups in total. The molecule has 2 rings (SSSR count). The molecule has 2 aliphatic rings. The highest BCUT2D eigenvalue weighted by Gasteiger charge is 2.56. The number of carbonyl (C=O) groups is 2. The smallest absolute Gasteiger partial charge is 0.256 e. The van der Waals surface area contributed by atoms with Crippen LogP contribution in [0.5, 0.6) is 0 Å². The minimum atomic E-state index is -1.21. The Labute approximate surface area is 80.6 Å². The van der Waals surface area contributed by atoms with Crippen LogP contribution in [-0.4, -0.2) is 45.5 Å². The molecule has 76 valence electrons. The van der Waals surface area contributed by atoms with Gasteiger partial charge in [0.25, 0.3) is 5.91 Å². The van der Waals surface area contributed by atoms with E-state index in [2.05, 4.69) is 0 Å². The second-order valence-electron chi connectivity index (χ2n) is 3.69. The lowest BCUT2D eigenvalue weighted by Crippen LogP contribution is -2.45. The standard InChI is InChI=1S/C9H11NO4/c1-9-6(12)2-3-10(9)8(14)5(4-11)7(9)13/h11,13H,2-4H2,1H3/t9-/m0/s1. The van der Waals surface area contributed by atoms with Gasteiger partial charge < -0.3 is 15.1 Å². The molecule has 0 unspecified atom stereocenters. The Kier molecular flexibility index (Phi) is 1.69. The molecule has 1 saturated heterocycles. The Morgan fingerprint density at radius 2 is 2.14 bits per heavy atom. The summed E-state index contributed by atoms with van der Waals surface area (Å²) < 4.78 is 0. The molecule has 0 bridgehead atoms. The first kappa shape index (κ1) is 9.21. The largest absolute Gasteiger partial charge is 0.509 e. The van der Waals surface area contributed by atoms with Crippen molar-refractivity contribution >= 4 is 11.7 Å². The molecule has 1 atom stereocenters. The van der Waals surface area contributed by atoms with E-state index in [9.17, 15) is 14.7 Å². The monoisotopic (exact) mass is 197 g/mol. The number of nitrogens with zero attached hydrogens (tertiary/aromatic N) is 1. The lowest BCUT2D eigenvalue weighted by molar-refractivity contribution is -0.133. The maximum absolute atomic E-state index is 11.6. The Morgan fingerprint density at radius 3 is 2.64 bits per heavy atom. The summed E-state index contributed by atoms with van der Waals surface area (Å²) in [6.07, 6.45) is 0.269. The fraction of sp³-hybridized carbons (Fsp3) is 0.556.